The van der Waals surface area contributed by atoms with Crippen LogP contribution < -0.4 is 9.80 Å². The Labute approximate surface area is 201 Å². The van der Waals surface area contributed by atoms with Gasteiger partial charge in [0.05, 0.1) is 23.7 Å². The van der Waals surface area contributed by atoms with E-state index in [9.17, 15) is 10.1 Å². The van der Waals surface area contributed by atoms with E-state index in [0.29, 0.717) is 23.6 Å². The number of carbonyl (C=O) groups excluding carboxylic acids is 1. The monoisotopic (exact) mass is 457 g/mol. The third-order valence-electron chi connectivity index (χ3n) is 6.16. The van der Waals surface area contributed by atoms with Crippen molar-refractivity contribution in [3.05, 3.63) is 60.3 Å². The van der Waals surface area contributed by atoms with Crippen molar-refractivity contribution in [2.75, 3.05) is 42.6 Å². The van der Waals surface area contributed by atoms with Gasteiger partial charge in [0.1, 0.15) is 5.69 Å². The number of rotatable bonds is 9. The predicted molar refractivity (Wildman–Crippen MR) is 134 cm³/mol. The van der Waals surface area contributed by atoms with Crippen molar-refractivity contribution in [1.29, 1.82) is 5.26 Å². The van der Waals surface area contributed by atoms with Crippen LogP contribution in [0.15, 0.2) is 54.6 Å². The third kappa shape index (κ3) is 5.45. The molecule has 1 aliphatic rings. The van der Waals surface area contributed by atoms with Crippen LogP contribution in [0.2, 0.25) is 0 Å². The van der Waals surface area contributed by atoms with Crippen molar-refractivity contribution >= 4 is 28.5 Å². The van der Waals surface area contributed by atoms with Crippen LogP contribution in [0.5, 0.6) is 0 Å². The SMILES string of the molecule is CCCCCCOC(=O)[C@@H](C#N)c1nc2ccccc2nc1N1CCN(c2ccccc2)CC1. The topological polar surface area (TPSA) is 82.3 Å². The summed E-state index contributed by atoms with van der Waals surface area (Å²) in [6.45, 7) is 5.53. The Bertz CT molecular complexity index is 1140. The van der Waals surface area contributed by atoms with Gasteiger partial charge in [0.15, 0.2) is 11.7 Å². The number of nitrogens with zero attached hydrogens (tertiary/aromatic N) is 5. The molecule has 0 unspecified atom stereocenters. The molecule has 4 rings (SSSR count). The first-order valence-corrected chi connectivity index (χ1v) is 12.1. The number of nitriles is 1. The number of piperazine rings is 1. The highest BCUT2D eigenvalue weighted by Gasteiger charge is 2.31. The molecule has 1 fully saturated rings. The van der Waals surface area contributed by atoms with E-state index in [1.807, 2.05) is 42.5 Å². The molecule has 0 spiro atoms. The number of anilines is 2. The smallest absolute Gasteiger partial charge is 0.329 e. The molecule has 176 valence electrons. The van der Waals surface area contributed by atoms with E-state index in [1.165, 1.54) is 5.69 Å². The molecule has 1 aromatic heterocycles. The van der Waals surface area contributed by atoms with E-state index in [2.05, 4.69) is 34.9 Å². The molecule has 0 aliphatic carbocycles. The number of fused-ring (bicyclic) bond motifs is 1. The Morgan fingerprint density at radius 1 is 0.941 bits per heavy atom. The van der Waals surface area contributed by atoms with E-state index in [4.69, 9.17) is 14.7 Å². The lowest BCUT2D eigenvalue weighted by Gasteiger charge is -2.37. The zero-order valence-corrected chi connectivity index (χ0v) is 19.7. The van der Waals surface area contributed by atoms with Gasteiger partial charge in [-0.2, -0.15) is 5.26 Å². The van der Waals surface area contributed by atoms with Crippen molar-refractivity contribution in [3.63, 3.8) is 0 Å². The number of para-hydroxylation sites is 3. The summed E-state index contributed by atoms with van der Waals surface area (Å²) >= 11 is 0. The number of ether oxygens (including phenoxy) is 1. The summed E-state index contributed by atoms with van der Waals surface area (Å²) in [7, 11) is 0. The fourth-order valence-electron chi connectivity index (χ4n) is 4.26. The zero-order chi connectivity index (χ0) is 23.8. The molecule has 7 heteroatoms. The summed E-state index contributed by atoms with van der Waals surface area (Å²) in [6.07, 6.45) is 4.03. The summed E-state index contributed by atoms with van der Waals surface area (Å²) in [4.78, 5) is 26.9. The minimum absolute atomic E-state index is 0.323. The first-order chi connectivity index (χ1) is 16.7. The second-order valence-electron chi connectivity index (χ2n) is 8.52. The quantitative estimate of drug-likeness (QED) is 0.341. The maximum atomic E-state index is 12.9. The normalized spacial score (nSPS) is 14.6. The summed E-state index contributed by atoms with van der Waals surface area (Å²) in [5.41, 5.74) is 2.98. The lowest BCUT2D eigenvalue weighted by molar-refractivity contribution is -0.144. The van der Waals surface area contributed by atoms with Crippen LogP contribution in [0, 0.1) is 11.3 Å². The fraction of sp³-hybridized carbons (Fsp3) is 0.407. The Balaban J connectivity index is 1.56. The number of unbranched alkanes of at least 4 members (excludes halogenated alkanes) is 3. The second kappa shape index (κ2) is 11.5. The Morgan fingerprint density at radius 3 is 2.26 bits per heavy atom. The molecule has 0 amide bonds. The molecular weight excluding hydrogens is 426 g/mol. The maximum Gasteiger partial charge on any atom is 0.329 e. The summed E-state index contributed by atoms with van der Waals surface area (Å²) in [6, 6.07) is 20.0. The van der Waals surface area contributed by atoms with Gasteiger partial charge in [-0.3, -0.25) is 4.79 Å². The van der Waals surface area contributed by atoms with Crippen molar-refractivity contribution < 1.29 is 9.53 Å². The molecule has 3 aromatic rings. The van der Waals surface area contributed by atoms with Crippen molar-refractivity contribution in [2.24, 2.45) is 0 Å². The molecule has 0 saturated carbocycles. The number of aromatic nitrogens is 2. The van der Waals surface area contributed by atoms with Crippen LogP contribution in [0.3, 0.4) is 0 Å². The Hall–Kier alpha value is -3.66. The summed E-state index contributed by atoms with van der Waals surface area (Å²) in [5.74, 6) is -1.06. The van der Waals surface area contributed by atoms with Crippen LogP contribution in [0.4, 0.5) is 11.5 Å². The van der Waals surface area contributed by atoms with Crippen molar-refractivity contribution in [2.45, 2.75) is 38.5 Å². The first kappa shape index (κ1) is 23.5. The van der Waals surface area contributed by atoms with Gasteiger partial charge in [0.25, 0.3) is 0 Å². The fourth-order valence-corrected chi connectivity index (χ4v) is 4.26. The second-order valence-corrected chi connectivity index (χ2v) is 8.52. The molecule has 7 nitrogen and oxygen atoms in total. The first-order valence-electron chi connectivity index (χ1n) is 12.1. The minimum atomic E-state index is -1.11. The van der Waals surface area contributed by atoms with Crippen LogP contribution in [-0.2, 0) is 9.53 Å². The number of carbonyl (C=O) groups is 1. The molecule has 2 aromatic carbocycles. The van der Waals surface area contributed by atoms with E-state index in [0.717, 1.165) is 57.4 Å². The van der Waals surface area contributed by atoms with E-state index < -0.39 is 11.9 Å². The lowest BCUT2D eigenvalue weighted by Crippen LogP contribution is -2.47. The minimum Gasteiger partial charge on any atom is -0.464 e. The van der Waals surface area contributed by atoms with Crippen molar-refractivity contribution in [1.82, 2.24) is 9.97 Å². The highest BCUT2D eigenvalue weighted by molar-refractivity contribution is 5.85. The number of hydrogen-bond acceptors (Lipinski definition) is 7. The standard InChI is InChI=1S/C27H31N5O2/c1-2-3-4-10-19-34-27(33)22(20-28)25-26(30-24-14-9-8-13-23(24)29-25)32-17-15-31(16-18-32)21-11-6-5-7-12-21/h5-9,11-14,22H,2-4,10,15-19H2,1H3/t22-/m0/s1. The van der Waals surface area contributed by atoms with Crippen molar-refractivity contribution in [3.8, 4) is 6.07 Å². The van der Waals surface area contributed by atoms with Gasteiger partial charge in [-0.05, 0) is 30.7 Å². The Morgan fingerprint density at radius 2 is 1.59 bits per heavy atom. The Kier molecular flexibility index (Phi) is 7.92. The average molecular weight is 458 g/mol. The highest BCUT2D eigenvalue weighted by atomic mass is 16.5. The van der Waals surface area contributed by atoms with Gasteiger partial charge < -0.3 is 14.5 Å². The predicted octanol–water partition coefficient (Wildman–Crippen LogP) is 4.69. The number of benzene rings is 2. The van der Waals surface area contributed by atoms with Gasteiger partial charge >= 0.3 is 5.97 Å². The highest BCUT2D eigenvalue weighted by Crippen LogP contribution is 2.29. The van der Waals surface area contributed by atoms with Crippen LogP contribution in [-0.4, -0.2) is 48.7 Å². The van der Waals surface area contributed by atoms with Crippen LogP contribution in [0.1, 0.15) is 44.2 Å². The molecule has 1 saturated heterocycles. The van der Waals surface area contributed by atoms with Gasteiger partial charge in [0.2, 0.25) is 0 Å². The van der Waals surface area contributed by atoms with Gasteiger partial charge in [-0.1, -0.05) is 56.5 Å². The molecule has 34 heavy (non-hydrogen) atoms. The van der Waals surface area contributed by atoms with Gasteiger partial charge in [0, 0.05) is 31.9 Å². The average Bonchev–Trinajstić information content (AvgIpc) is 2.89. The summed E-state index contributed by atoms with van der Waals surface area (Å²) in [5, 5.41) is 9.93. The molecule has 0 N–H and O–H groups in total. The zero-order valence-electron chi connectivity index (χ0n) is 19.7. The molecular formula is C27H31N5O2. The van der Waals surface area contributed by atoms with Gasteiger partial charge in [-0.15, -0.1) is 0 Å². The summed E-state index contributed by atoms with van der Waals surface area (Å²) < 4.78 is 5.47. The van der Waals surface area contributed by atoms with Gasteiger partial charge in [-0.25, -0.2) is 9.97 Å². The van der Waals surface area contributed by atoms with Crippen LogP contribution >= 0.6 is 0 Å². The molecule has 0 bridgehead atoms. The lowest BCUT2D eigenvalue weighted by atomic mass is 10.1. The van der Waals surface area contributed by atoms with E-state index in [1.54, 1.807) is 0 Å². The van der Waals surface area contributed by atoms with E-state index in [-0.39, 0.29) is 0 Å². The number of hydrogen-bond donors (Lipinski definition) is 0. The van der Waals surface area contributed by atoms with E-state index >= 15 is 0 Å². The maximum absolute atomic E-state index is 12.9. The molecule has 2 heterocycles. The molecule has 1 atom stereocenters. The largest absolute Gasteiger partial charge is 0.464 e. The molecule has 0 radical (unpaired) electrons. The molecule has 1 aliphatic heterocycles. The number of esters is 1. The third-order valence-corrected chi connectivity index (χ3v) is 6.16. The van der Waals surface area contributed by atoms with Crippen LogP contribution in [0.25, 0.3) is 11.0 Å².